The molecule has 0 fully saturated rings. The second kappa shape index (κ2) is 6.34. The Morgan fingerprint density at radius 3 is 2.82 bits per heavy atom. The molecule has 2 heterocycles. The molecule has 3 rings (SSSR count). The van der Waals surface area contributed by atoms with Crippen LogP contribution in [-0.2, 0) is 0 Å². The van der Waals surface area contributed by atoms with Gasteiger partial charge >= 0.3 is 0 Å². The first-order valence-corrected chi connectivity index (χ1v) is 7.40. The number of benzene rings is 1. The molecule has 22 heavy (non-hydrogen) atoms. The number of hydrazone groups is 1. The molecule has 1 aliphatic rings. The Hall–Kier alpha value is -2.11. The van der Waals surface area contributed by atoms with E-state index in [2.05, 4.69) is 15.4 Å². The highest BCUT2D eigenvalue weighted by molar-refractivity contribution is 6.42. The molecule has 112 valence electrons. The van der Waals surface area contributed by atoms with Crippen LogP contribution in [0.15, 0.2) is 47.8 Å². The molecule has 1 N–H and O–H groups in total. The third kappa shape index (κ3) is 3.21. The molecule has 0 saturated heterocycles. The molecule has 0 spiro atoms. The van der Waals surface area contributed by atoms with Crippen molar-refractivity contribution in [2.75, 3.05) is 11.6 Å². The van der Waals surface area contributed by atoms with E-state index in [0.29, 0.717) is 34.4 Å². The topological polar surface area (TPSA) is 57.6 Å². The normalized spacial score (nSPS) is 13.9. The molecule has 0 unspecified atom stereocenters. The van der Waals surface area contributed by atoms with Crippen molar-refractivity contribution in [1.29, 1.82) is 0 Å². The van der Waals surface area contributed by atoms with Gasteiger partial charge in [-0.05, 0) is 30.3 Å². The van der Waals surface area contributed by atoms with Crippen LogP contribution in [0, 0.1) is 0 Å². The summed E-state index contributed by atoms with van der Waals surface area (Å²) in [6.07, 6.45) is 3.78. The first-order valence-electron chi connectivity index (χ1n) is 6.65. The predicted molar refractivity (Wildman–Crippen MR) is 87.6 cm³/mol. The largest absolute Gasteiger partial charge is 0.309 e. The molecule has 5 nitrogen and oxygen atoms in total. The molecule has 1 aromatic carbocycles. The van der Waals surface area contributed by atoms with Gasteiger partial charge in [-0.25, -0.2) is 0 Å². The number of rotatable bonds is 2. The lowest BCUT2D eigenvalue weighted by atomic mass is 10.2. The Morgan fingerprint density at radius 1 is 1.23 bits per heavy atom. The van der Waals surface area contributed by atoms with Crippen molar-refractivity contribution in [1.82, 2.24) is 10.3 Å². The van der Waals surface area contributed by atoms with Crippen molar-refractivity contribution in [2.45, 2.75) is 6.42 Å². The molecule has 0 atom stereocenters. The van der Waals surface area contributed by atoms with Crippen LogP contribution in [0.5, 0.6) is 0 Å². The lowest BCUT2D eigenvalue weighted by molar-refractivity contribution is 0.0976. The summed E-state index contributed by atoms with van der Waals surface area (Å²) in [6, 6.07) is 8.73. The van der Waals surface area contributed by atoms with Gasteiger partial charge in [0.25, 0.3) is 5.91 Å². The Labute approximate surface area is 137 Å². The van der Waals surface area contributed by atoms with Gasteiger partial charge in [0, 0.05) is 25.4 Å². The van der Waals surface area contributed by atoms with Gasteiger partial charge in [0.2, 0.25) is 0 Å². The van der Waals surface area contributed by atoms with Crippen molar-refractivity contribution >= 4 is 40.6 Å². The quantitative estimate of drug-likeness (QED) is 0.916. The summed E-state index contributed by atoms with van der Waals surface area (Å²) >= 11 is 11.9. The van der Waals surface area contributed by atoms with Gasteiger partial charge in [-0.1, -0.05) is 23.2 Å². The minimum atomic E-state index is -0.220. The molecule has 1 aliphatic heterocycles. The second-order valence-electron chi connectivity index (χ2n) is 4.71. The summed E-state index contributed by atoms with van der Waals surface area (Å²) in [5.41, 5.74) is 1.33. The number of halogens is 2. The first-order chi connectivity index (χ1) is 10.6. The van der Waals surface area contributed by atoms with E-state index in [0.717, 1.165) is 5.69 Å². The van der Waals surface area contributed by atoms with Crippen LogP contribution in [0.3, 0.4) is 0 Å². The molecule has 2 aromatic rings. The Kier molecular flexibility index (Phi) is 4.27. The number of hydrogen-bond acceptors (Lipinski definition) is 4. The van der Waals surface area contributed by atoms with Gasteiger partial charge in [-0.2, -0.15) is 5.10 Å². The molecule has 0 aliphatic carbocycles. The monoisotopic (exact) mass is 334 g/mol. The standard InChI is InChI=1S/C15H12Cl2N4O/c16-12-4-3-11(8-13(12)17)21-7-5-14(20-21)19-15(22)10-2-1-6-18-9-10/h1-4,6,8-9H,5,7H2,(H,19,20,22). The number of pyridine rings is 1. The maximum Gasteiger partial charge on any atom is 0.258 e. The minimum Gasteiger partial charge on any atom is -0.309 e. The van der Waals surface area contributed by atoms with Crippen LogP contribution >= 0.6 is 23.2 Å². The predicted octanol–water partition coefficient (Wildman–Crippen LogP) is 3.34. The molecule has 0 radical (unpaired) electrons. The van der Waals surface area contributed by atoms with Crippen molar-refractivity contribution in [3.63, 3.8) is 0 Å². The van der Waals surface area contributed by atoms with Crippen LogP contribution in [0.4, 0.5) is 5.69 Å². The molecular formula is C15H12Cl2N4O. The molecule has 0 bridgehead atoms. The van der Waals surface area contributed by atoms with Gasteiger partial charge in [0.05, 0.1) is 21.3 Å². The van der Waals surface area contributed by atoms with Crippen molar-refractivity contribution in [3.05, 3.63) is 58.3 Å². The Morgan fingerprint density at radius 2 is 2.09 bits per heavy atom. The molecule has 1 amide bonds. The number of carbonyl (C=O) groups excluding carboxylic acids is 1. The first kappa shape index (κ1) is 14.8. The summed E-state index contributed by atoms with van der Waals surface area (Å²) in [7, 11) is 0. The van der Waals surface area contributed by atoms with Gasteiger partial charge < -0.3 is 5.32 Å². The number of carbonyl (C=O) groups is 1. The van der Waals surface area contributed by atoms with Crippen LogP contribution in [-0.4, -0.2) is 23.3 Å². The van der Waals surface area contributed by atoms with E-state index in [1.54, 1.807) is 35.5 Å². The van der Waals surface area contributed by atoms with Crippen LogP contribution in [0.25, 0.3) is 0 Å². The average Bonchev–Trinajstić information content (AvgIpc) is 2.99. The Bertz CT molecular complexity index is 734. The van der Waals surface area contributed by atoms with Crippen molar-refractivity contribution in [3.8, 4) is 0 Å². The van der Waals surface area contributed by atoms with Crippen molar-refractivity contribution in [2.24, 2.45) is 5.10 Å². The van der Waals surface area contributed by atoms with E-state index in [1.807, 2.05) is 6.07 Å². The minimum absolute atomic E-state index is 0.220. The third-order valence-corrected chi connectivity index (χ3v) is 3.92. The zero-order chi connectivity index (χ0) is 15.5. The van der Waals surface area contributed by atoms with Gasteiger partial charge in [0.15, 0.2) is 0 Å². The van der Waals surface area contributed by atoms with Crippen LogP contribution in [0.2, 0.25) is 10.0 Å². The lowest BCUT2D eigenvalue weighted by Crippen LogP contribution is -2.29. The fourth-order valence-electron chi connectivity index (χ4n) is 2.08. The summed E-state index contributed by atoms with van der Waals surface area (Å²) in [6.45, 7) is 0.667. The summed E-state index contributed by atoms with van der Waals surface area (Å²) < 4.78 is 0. The summed E-state index contributed by atoms with van der Waals surface area (Å²) in [5.74, 6) is 0.391. The number of anilines is 1. The zero-order valence-corrected chi connectivity index (χ0v) is 13.0. The molecule has 7 heteroatoms. The molecule has 1 aromatic heterocycles. The fourth-order valence-corrected chi connectivity index (χ4v) is 2.37. The lowest BCUT2D eigenvalue weighted by Gasteiger charge is -2.13. The van der Waals surface area contributed by atoms with Crippen molar-refractivity contribution < 1.29 is 4.79 Å². The van der Waals surface area contributed by atoms with E-state index in [4.69, 9.17) is 23.2 Å². The van der Waals surface area contributed by atoms with Crippen LogP contribution in [0.1, 0.15) is 16.8 Å². The maximum atomic E-state index is 12.1. The fraction of sp³-hybridized carbons (Fsp3) is 0.133. The van der Waals surface area contributed by atoms with Crippen LogP contribution < -0.4 is 10.3 Å². The van der Waals surface area contributed by atoms with Gasteiger partial charge in [0.1, 0.15) is 5.84 Å². The SMILES string of the molecule is O=C(NC1=NN(c2ccc(Cl)c(Cl)c2)CC1)c1cccnc1. The molecular weight excluding hydrogens is 323 g/mol. The maximum absolute atomic E-state index is 12.1. The second-order valence-corrected chi connectivity index (χ2v) is 5.53. The van der Waals surface area contributed by atoms with E-state index in [-0.39, 0.29) is 5.91 Å². The Balaban J connectivity index is 1.72. The number of nitrogens with zero attached hydrogens (tertiary/aromatic N) is 3. The smallest absolute Gasteiger partial charge is 0.258 e. The average molecular weight is 335 g/mol. The van der Waals surface area contributed by atoms with Gasteiger partial charge in [-0.3, -0.25) is 14.8 Å². The highest BCUT2D eigenvalue weighted by atomic mass is 35.5. The number of hydrogen-bond donors (Lipinski definition) is 1. The summed E-state index contributed by atoms with van der Waals surface area (Å²) in [5, 5.41) is 9.93. The number of amidine groups is 1. The zero-order valence-electron chi connectivity index (χ0n) is 11.5. The van der Waals surface area contributed by atoms with E-state index >= 15 is 0 Å². The number of amides is 1. The highest BCUT2D eigenvalue weighted by Crippen LogP contribution is 2.28. The van der Waals surface area contributed by atoms with E-state index in [9.17, 15) is 4.79 Å². The number of nitrogens with one attached hydrogen (secondary N) is 1. The van der Waals surface area contributed by atoms with E-state index < -0.39 is 0 Å². The number of aromatic nitrogens is 1. The molecule has 0 saturated carbocycles. The highest BCUT2D eigenvalue weighted by Gasteiger charge is 2.19. The third-order valence-electron chi connectivity index (χ3n) is 3.18. The van der Waals surface area contributed by atoms with Gasteiger partial charge in [-0.15, -0.1) is 0 Å². The summed E-state index contributed by atoms with van der Waals surface area (Å²) in [4.78, 5) is 16.0. The van der Waals surface area contributed by atoms with E-state index in [1.165, 1.54) is 6.20 Å².